The lowest BCUT2D eigenvalue weighted by Gasteiger charge is -2.27. The number of imidazole rings is 1. The molecule has 4 aromatic rings. The third kappa shape index (κ3) is 3.70. The van der Waals surface area contributed by atoms with Crippen LogP contribution >= 0.6 is 0 Å². The molecule has 0 spiro atoms. The van der Waals surface area contributed by atoms with E-state index >= 15 is 0 Å². The van der Waals surface area contributed by atoms with E-state index in [1.807, 2.05) is 24.4 Å². The van der Waals surface area contributed by atoms with Crippen LogP contribution in [0.3, 0.4) is 0 Å². The SMILES string of the molecule is Cc1nc(-c2nc3cnc(N4CCOCC4)cc3n2Cc2ccccc2)cn(C)c1=O. The van der Waals surface area contributed by atoms with Gasteiger partial charge in [0.25, 0.3) is 5.56 Å². The fourth-order valence-corrected chi connectivity index (χ4v) is 3.97. The van der Waals surface area contributed by atoms with E-state index in [9.17, 15) is 4.79 Å². The second kappa shape index (κ2) is 7.96. The first-order valence-electron chi connectivity index (χ1n) is 10.4. The zero-order valence-electron chi connectivity index (χ0n) is 17.7. The number of nitrogens with zero attached hydrogens (tertiary/aromatic N) is 6. The number of aromatic nitrogens is 5. The molecule has 0 N–H and O–H groups in total. The van der Waals surface area contributed by atoms with Gasteiger partial charge >= 0.3 is 0 Å². The summed E-state index contributed by atoms with van der Waals surface area (Å²) in [6.07, 6.45) is 3.56. The first-order valence-corrected chi connectivity index (χ1v) is 10.4. The molecule has 1 aliphatic rings. The Morgan fingerprint density at radius 3 is 2.61 bits per heavy atom. The van der Waals surface area contributed by atoms with Crippen LogP contribution in [0.5, 0.6) is 0 Å². The molecule has 0 radical (unpaired) electrons. The average molecular weight is 416 g/mol. The highest BCUT2D eigenvalue weighted by molar-refractivity contribution is 5.82. The molecule has 0 saturated carbocycles. The molecule has 31 heavy (non-hydrogen) atoms. The van der Waals surface area contributed by atoms with Gasteiger partial charge in [0.1, 0.15) is 22.7 Å². The Labute approximate surface area is 179 Å². The van der Waals surface area contributed by atoms with Crippen molar-refractivity contribution in [2.24, 2.45) is 7.05 Å². The lowest BCUT2D eigenvalue weighted by molar-refractivity contribution is 0.122. The van der Waals surface area contributed by atoms with E-state index in [-0.39, 0.29) is 5.56 Å². The van der Waals surface area contributed by atoms with Gasteiger partial charge in [-0.3, -0.25) is 4.79 Å². The molecule has 1 fully saturated rings. The molecule has 158 valence electrons. The summed E-state index contributed by atoms with van der Waals surface area (Å²) in [6.45, 7) is 5.42. The Kier molecular flexibility index (Phi) is 4.99. The van der Waals surface area contributed by atoms with Gasteiger partial charge in [0, 0.05) is 38.9 Å². The van der Waals surface area contributed by atoms with Crippen molar-refractivity contribution in [1.29, 1.82) is 0 Å². The van der Waals surface area contributed by atoms with Gasteiger partial charge in [-0.15, -0.1) is 0 Å². The van der Waals surface area contributed by atoms with E-state index in [4.69, 9.17) is 9.72 Å². The molecular formula is C23H24N6O2. The van der Waals surface area contributed by atoms with Crippen molar-refractivity contribution in [1.82, 2.24) is 24.1 Å². The van der Waals surface area contributed by atoms with E-state index in [0.717, 1.165) is 41.3 Å². The van der Waals surface area contributed by atoms with Gasteiger partial charge in [-0.1, -0.05) is 30.3 Å². The van der Waals surface area contributed by atoms with Gasteiger partial charge in [0.05, 0.1) is 24.9 Å². The third-order valence-corrected chi connectivity index (χ3v) is 5.60. The van der Waals surface area contributed by atoms with E-state index < -0.39 is 0 Å². The number of fused-ring (bicyclic) bond motifs is 1. The Bertz CT molecular complexity index is 1260. The second-order valence-corrected chi connectivity index (χ2v) is 7.77. The van der Waals surface area contributed by atoms with Crippen molar-refractivity contribution < 1.29 is 4.74 Å². The van der Waals surface area contributed by atoms with Gasteiger partial charge in [0.15, 0.2) is 5.82 Å². The minimum atomic E-state index is -0.106. The summed E-state index contributed by atoms with van der Waals surface area (Å²) in [4.78, 5) is 28.5. The molecule has 1 aliphatic heterocycles. The van der Waals surface area contributed by atoms with Crippen LogP contribution in [-0.2, 0) is 18.3 Å². The number of anilines is 1. The minimum Gasteiger partial charge on any atom is -0.378 e. The summed E-state index contributed by atoms with van der Waals surface area (Å²) in [7, 11) is 1.74. The van der Waals surface area contributed by atoms with Gasteiger partial charge in [-0.05, 0) is 12.5 Å². The topological polar surface area (TPSA) is 78.1 Å². The lowest BCUT2D eigenvalue weighted by atomic mass is 10.2. The summed E-state index contributed by atoms with van der Waals surface area (Å²) >= 11 is 0. The third-order valence-electron chi connectivity index (χ3n) is 5.60. The first-order chi connectivity index (χ1) is 15.1. The van der Waals surface area contributed by atoms with Crippen LogP contribution in [0.1, 0.15) is 11.3 Å². The van der Waals surface area contributed by atoms with E-state index in [0.29, 0.717) is 31.1 Å². The van der Waals surface area contributed by atoms with Crippen molar-refractivity contribution in [3.63, 3.8) is 0 Å². The standard InChI is InChI=1S/C23H24N6O2/c1-16-23(30)27(2)15-19(25-16)22-26-18-13-24-21(28-8-10-31-11-9-28)12-20(18)29(22)14-17-6-4-3-5-7-17/h3-7,12-13,15H,8-11,14H2,1-2H3. The lowest BCUT2D eigenvalue weighted by Crippen LogP contribution is -2.36. The highest BCUT2D eigenvalue weighted by atomic mass is 16.5. The molecule has 0 bridgehead atoms. The number of benzene rings is 1. The summed E-state index contributed by atoms with van der Waals surface area (Å²) < 4.78 is 9.19. The molecule has 4 heterocycles. The highest BCUT2D eigenvalue weighted by Gasteiger charge is 2.19. The van der Waals surface area contributed by atoms with Crippen molar-refractivity contribution in [3.05, 3.63) is 70.4 Å². The normalized spacial score (nSPS) is 14.3. The van der Waals surface area contributed by atoms with E-state index in [2.05, 4.69) is 37.6 Å². The highest BCUT2D eigenvalue weighted by Crippen LogP contribution is 2.27. The van der Waals surface area contributed by atoms with Crippen LogP contribution in [0.4, 0.5) is 5.82 Å². The predicted octanol–water partition coefficient (Wildman–Crippen LogP) is 2.39. The number of pyridine rings is 1. The number of morpholine rings is 1. The summed E-state index contributed by atoms with van der Waals surface area (Å²) in [5.74, 6) is 1.64. The number of hydrogen-bond acceptors (Lipinski definition) is 6. The first kappa shape index (κ1) is 19.4. The smallest absolute Gasteiger partial charge is 0.271 e. The molecule has 5 rings (SSSR count). The number of ether oxygens (including phenoxy) is 1. The summed E-state index contributed by atoms with van der Waals surface area (Å²) in [6, 6.07) is 12.4. The Balaban J connectivity index is 1.68. The van der Waals surface area contributed by atoms with Crippen LogP contribution in [0.25, 0.3) is 22.6 Å². The Morgan fingerprint density at radius 1 is 1.10 bits per heavy atom. The molecule has 1 saturated heterocycles. The molecule has 3 aromatic heterocycles. The van der Waals surface area contributed by atoms with Crippen LogP contribution in [0.15, 0.2) is 53.6 Å². The zero-order valence-corrected chi connectivity index (χ0v) is 17.7. The number of rotatable bonds is 4. The molecule has 0 aliphatic carbocycles. The monoisotopic (exact) mass is 416 g/mol. The predicted molar refractivity (Wildman–Crippen MR) is 119 cm³/mol. The van der Waals surface area contributed by atoms with E-state index in [1.54, 1.807) is 24.7 Å². The van der Waals surface area contributed by atoms with Gasteiger partial charge < -0.3 is 18.8 Å². The quantitative estimate of drug-likeness (QED) is 0.508. The average Bonchev–Trinajstić information content (AvgIpc) is 3.16. The molecule has 8 heteroatoms. The largest absolute Gasteiger partial charge is 0.378 e. The zero-order chi connectivity index (χ0) is 21.4. The Hall–Kier alpha value is -3.52. The molecule has 0 amide bonds. The van der Waals surface area contributed by atoms with Crippen molar-refractivity contribution >= 4 is 16.9 Å². The molecular weight excluding hydrogens is 392 g/mol. The van der Waals surface area contributed by atoms with Crippen LogP contribution in [0, 0.1) is 6.92 Å². The fourth-order valence-electron chi connectivity index (χ4n) is 3.97. The number of hydrogen-bond donors (Lipinski definition) is 0. The van der Waals surface area contributed by atoms with Gasteiger partial charge in [-0.25, -0.2) is 15.0 Å². The maximum Gasteiger partial charge on any atom is 0.271 e. The molecule has 8 nitrogen and oxygen atoms in total. The van der Waals surface area contributed by atoms with Crippen LogP contribution in [-0.4, -0.2) is 50.4 Å². The van der Waals surface area contributed by atoms with Crippen LogP contribution in [0.2, 0.25) is 0 Å². The maximum atomic E-state index is 12.2. The molecule has 0 atom stereocenters. The number of aryl methyl sites for hydroxylation is 2. The molecule has 1 aromatic carbocycles. The van der Waals surface area contributed by atoms with E-state index in [1.165, 1.54) is 0 Å². The minimum absolute atomic E-state index is 0.106. The Morgan fingerprint density at radius 2 is 1.87 bits per heavy atom. The second-order valence-electron chi connectivity index (χ2n) is 7.77. The summed E-state index contributed by atoms with van der Waals surface area (Å²) in [5.41, 5.74) is 3.96. The van der Waals surface area contributed by atoms with Crippen molar-refractivity contribution in [2.45, 2.75) is 13.5 Å². The maximum absolute atomic E-state index is 12.2. The summed E-state index contributed by atoms with van der Waals surface area (Å²) in [5, 5.41) is 0. The fraction of sp³-hybridized carbons (Fsp3) is 0.304. The van der Waals surface area contributed by atoms with Gasteiger partial charge in [-0.2, -0.15) is 0 Å². The van der Waals surface area contributed by atoms with Crippen molar-refractivity contribution in [2.75, 3.05) is 31.2 Å². The van der Waals surface area contributed by atoms with Crippen molar-refractivity contribution in [3.8, 4) is 11.5 Å². The van der Waals surface area contributed by atoms with Crippen LogP contribution < -0.4 is 10.5 Å². The van der Waals surface area contributed by atoms with Gasteiger partial charge in [0.2, 0.25) is 0 Å². The molecule has 0 unspecified atom stereocenters.